The maximum Gasteiger partial charge on any atom is 0.335 e. The van der Waals surface area contributed by atoms with Gasteiger partial charge in [0, 0.05) is 23.8 Å². The van der Waals surface area contributed by atoms with E-state index in [4.69, 9.17) is 5.11 Å². The van der Waals surface area contributed by atoms with Crippen LogP contribution in [0.3, 0.4) is 0 Å². The molecule has 0 saturated heterocycles. The summed E-state index contributed by atoms with van der Waals surface area (Å²) in [7, 11) is 0. The van der Waals surface area contributed by atoms with E-state index in [2.05, 4.69) is 24.9 Å². The minimum Gasteiger partial charge on any atom is -0.478 e. The van der Waals surface area contributed by atoms with Crippen LogP contribution in [-0.2, 0) is 5.41 Å². The molecule has 1 aromatic carbocycles. The molecule has 3 rings (SSSR count). The van der Waals surface area contributed by atoms with Gasteiger partial charge in [-0.3, -0.25) is 9.78 Å². The van der Waals surface area contributed by atoms with Crippen LogP contribution >= 0.6 is 0 Å². The lowest BCUT2D eigenvalue weighted by atomic mass is 9.78. The fourth-order valence-electron chi connectivity index (χ4n) is 3.48. The molecule has 0 radical (unpaired) electrons. The number of fused-ring (bicyclic) bond motifs is 1. The van der Waals surface area contributed by atoms with Crippen LogP contribution in [0, 0.1) is 0 Å². The molecular weight excluding hydrogens is 304 g/mol. The normalized spacial score (nSPS) is 15.2. The number of carboxylic acids is 1. The van der Waals surface area contributed by atoms with E-state index in [1.807, 2.05) is 18.2 Å². The molecule has 5 nitrogen and oxygen atoms in total. The third-order valence-electron chi connectivity index (χ3n) is 5.05. The molecule has 2 heterocycles. The van der Waals surface area contributed by atoms with Crippen molar-refractivity contribution in [1.82, 2.24) is 4.98 Å². The van der Waals surface area contributed by atoms with Crippen molar-refractivity contribution in [2.45, 2.75) is 32.1 Å². The molecule has 0 spiro atoms. The van der Waals surface area contributed by atoms with Gasteiger partial charge in [-0.1, -0.05) is 32.0 Å². The highest BCUT2D eigenvalue weighted by Crippen LogP contribution is 2.45. The molecular formula is C19H20N2O3. The fourth-order valence-corrected chi connectivity index (χ4v) is 3.48. The topological polar surface area (TPSA) is 70.5 Å². The number of nitrogens with zero attached hydrogens (tertiary/aromatic N) is 2. The van der Waals surface area contributed by atoms with E-state index in [-0.39, 0.29) is 22.6 Å². The lowest BCUT2D eigenvalue weighted by Gasteiger charge is -2.27. The number of benzene rings is 1. The van der Waals surface area contributed by atoms with Crippen LogP contribution in [0.2, 0.25) is 0 Å². The Morgan fingerprint density at radius 3 is 2.58 bits per heavy atom. The first kappa shape index (κ1) is 16.2. The van der Waals surface area contributed by atoms with E-state index < -0.39 is 5.97 Å². The molecule has 0 aliphatic carbocycles. The average molecular weight is 324 g/mol. The Morgan fingerprint density at radius 1 is 1.21 bits per heavy atom. The van der Waals surface area contributed by atoms with E-state index in [1.54, 1.807) is 4.90 Å². The second-order valence-corrected chi connectivity index (χ2v) is 6.13. The van der Waals surface area contributed by atoms with Crippen molar-refractivity contribution in [2.24, 2.45) is 0 Å². The van der Waals surface area contributed by atoms with Gasteiger partial charge in [0.1, 0.15) is 5.69 Å². The lowest BCUT2D eigenvalue weighted by molar-refractivity contribution is 0.0696. The molecule has 1 N–H and O–H groups in total. The Morgan fingerprint density at radius 2 is 1.92 bits per heavy atom. The Bertz CT molecular complexity index is 797. The summed E-state index contributed by atoms with van der Waals surface area (Å²) >= 11 is 0. The predicted molar refractivity (Wildman–Crippen MR) is 91.6 cm³/mol. The van der Waals surface area contributed by atoms with E-state index >= 15 is 0 Å². The first-order valence-electron chi connectivity index (χ1n) is 8.13. The zero-order valence-corrected chi connectivity index (χ0v) is 13.8. The Balaban J connectivity index is 2.03. The Labute approximate surface area is 140 Å². The lowest BCUT2D eigenvalue weighted by Crippen LogP contribution is -2.36. The van der Waals surface area contributed by atoms with E-state index in [1.165, 1.54) is 23.9 Å². The van der Waals surface area contributed by atoms with E-state index in [9.17, 15) is 9.59 Å². The maximum atomic E-state index is 13.0. The molecule has 0 atom stereocenters. The van der Waals surface area contributed by atoms with Crippen LogP contribution in [0.4, 0.5) is 5.69 Å². The summed E-state index contributed by atoms with van der Waals surface area (Å²) in [6.45, 7) is 4.87. The number of hydrogen-bond donors (Lipinski definition) is 1. The van der Waals surface area contributed by atoms with Crippen molar-refractivity contribution in [3.63, 3.8) is 0 Å². The molecule has 1 aliphatic heterocycles. The molecule has 24 heavy (non-hydrogen) atoms. The zero-order chi connectivity index (χ0) is 17.3. The Kier molecular flexibility index (Phi) is 4.09. The zero-order valence-electron chi connectivity index (χ0n) is 13.8. The molecule has 1 aliphatic rings. The SMILES string of the molecule is CCC1(CC)CN(C(=O)c2cc(C(=O)O)ccn2)c2ccccc21. The summed E-state index contributed by atoms with van der Waals surface area (Å²) in [6.07, 6.45) is 3.24. The van der Waals surface area contributed by atoms with Gasteiger partial charge in [0.15, 0.2) is 0 Å². The minimum absolute atomic E-state index is 0.0589. The molecule has 0 fully saturated rings. The second-order valence-electron chi connectivity index (χ2n) is 6.13. The van der Waals surface area contributed by atoms with Crippen LogP contribution in [0.15, 0.2) is 42.6 Å². The summed E-state index contributed by atoms with van der Waals surface area (Å²) in [4.78, 5) is 29.9. The monoisotopic (exact) mass is 324 g/mol. The molecule has 124 valence electrons. The number of aromatic carboxylic acids is 1. The third-order valence-corrected chi connectivity index (χ3v) is 5.05. The highest BCUT2D eigenvalue weighted by molar-refractivity contribution is 6.07. The van der Waals surface area contributed by atoms with Crippen molar-refractivity contribution in [2.75, 3.05) is 11.4 Å². The van der Waals surface area contributed by atoms with Crippen LogP contribution in [0.5, 0.6) is 0 Å². The summed E-state index contributed by atoms with van der Waals surface area (Å²) in [6, 6.07) is 10.7. The molecule has 2 aromatic rings. The number of anilines is 1. The number of carbonyl (C=O) groups is 2. The minimum atomic E-state index is -1.07. The van der Waals surface area contributed by atoms with Crippen LogP contribution in [-0.4, -0.2) is 28.5 Å². The van der Waals surface area contributed by atoms with Crippen molar-refractivity contribution in [3.05, 3.63) is 59.4 Å². The number of pyridine rings is 1. The van der Waals surface area contributed by atoms with E-state index in [0.29, 0.717) is 6.54 Å². The van der Waals surface area contributed by atoms with Crippen molar-refractivity contribution in [3.8, 4) is 0 Å². The van der Waals surface area contributed by atoms with E-state index in [0.717, 1.165) is 18.5 Å². The van der Waals surface area contributed by atoms with Crippen LogP contribution < -0.4 is 4.90 Å². The molecule has 0 saturated carbocycles. The maximum absolute atomic E-state index is 13.0. The number of carboxylic acid groups (broad SMARTS) is 1. The average Bonchev–Trinajstić information content (AvgIpc) is 2.96. The summed E-state index contributed by atoms with van der Waals surface area (Å²) in [5.74, 6) is -1.32. The predicted octanol–water partition coefficient (Wildman–Crippen LogP) is 3.50. The Hall–Kier alpha value is -2.69. The highest BCUT2D eigenvalue weighted by atomic mass is 16.4. The van der Waals surface area contributed by atoms with Gasteiger partial charge in [0.25, 0.3) is 5.91 Å². The van der Waals surface area contributed by atoms with Crippen molar-refractivity contribution in [1.29, 1.82) is 0 Å². The second kappa shape index (κ2) is 6.07. The number of amides is 1. The quantitative estimate of drug-likeness (QED) is 0.934. The molecule has 0 bridgehead atoms. The number of hydrogen-bond acceptors (Lipinski definition) is 3. The summed E-state index contributed by atoms with van der Waals surface area (Å²) in [5, 5.41) is 9.12. The molecule has 1 amide bonds. The van der Waals surface area contributed by atoms with Gasteiger partial charge < -0.3 is 10.0 Å². The number of rotatable bonds is 4. The van der Waals surface area contributed by atoms with Gasteiger partial charge in [-0.15, -0.1) is 0 Å². The van der Waals surface area contributed by atoms with Crippen LogP contribution in [0.25, 0.3) is 0 Å². The number of aromatic nitrogens is 1. The van der Waals surface area contributed by atoms with Gasteiger partial charge in [-0.05, 0) is 36.6 Å². The standard InChI is InChI=1S/C19H20N2O3/c1-3-19(4-2)12-21(16-8-6-5-7-14(16)19)17(22)15-11-13(18(23)24)9-10-20-15/h5-11H,3-4,12H2,1-2H3,(H,23,24). The molecule has 1 aromatic heterocycles. The van der Waals surface area contributed by atoms with Gasteiger partial charge >= 0.3 is 5.97 Å². The van der Waals surface area contributed by atoms with Gasteiger partial charge in [-0.25, -0.2) is 4.79 Å². The van der Waals surface area contributed by atoms with Crippen molar-refractivity contribution < 1.29 is 14.7 Å². The first-order valence-corrected chi connectivity index (χ1v) is 8.13. The van der Waals surface area contributed by atoms with Crippen LogP contribution in [0.1, 0.15) is 53.1 Å². The number of para-hydroxylation sites is 1. The number of carbonyl (C=O) groups excluding carboxylic acids is 1. The van der Waals surface area contributed by atoms with Gasteiger partial charge in [0.05, 0.1) is 5.56 Å². The first-order chi connectivity index (χ1) is 11.5. The third kappa shape index (κ3) is 2.46. The van der Waals surface area contributed by atoms with Gasteiger partial charge in [0.2, 0.25) is 0 Å². The summed E-state index contributed by atoms with van der Waals surface area (Å²) < 4.78 is 0. The largest absolute Gasteiger partial charge is 0.478 e. The van der Waals surface area contributed by atoms with Crippen molar-refractivity contribution >= 4 is 17.6 Å². The van der Waals surface area contributed by atoms with Gasteiger partial charge in [-0.2, -0.15) is 0 Å². The fraction of sp³-hybridized carbons (Fsp3) is 0.316. The smallest absolute Gasteiger partial charge is 0.335 e. The molecule has 5 heteroatoms. The molecule has 0 unspecified atom stereocenters. The highest BCUT2D eigenvalue weighted by Gasteiger charge is 2.42. The summed E-state index contributed by atoms with van der Waals surface area (Å²) in [5.41, 5.74) is 2.24.